The highest BCUT2D eigenvalue weighted by molar-refractivity contribution is 7.88. The van der Waals surface area contributed by atoms with Crippen molar-refractivity contribution in [2.24, 2.45) is 0 Å². The summed E-state index contributed by atoms with van der Waals surface area (Å²) in [5, 5.41) is 11.7. The summed E-state index contributed by atoms with van der Waals surface area (Å²) in [5.74, 6) is -0.175. The molecule has 4 rings (SSSR count). The molecule has 1 N–H and O–H groups in total. The molecule has 144 valence electrons. The van der Waals surface area contributed by atoms with E-state index in [-0.39, 0.29) is 11.4 Å². The Balaban J connectivity index is 1.49. The van der Waals surface area contributed by atoms with E-state index in [1.165, 1.54) is 28.6 Å². The average Bonchev–Trinajstić information content (AvgIpc) is 3.12. The molecule has 0 spiro atoms. The van der Waals surface area contributed by atoms with E-state index in [0.29, 0.717) is 25.1 Å². The van der Waals surface area contributed by atoms with Crippen molar-refractivity contribution in [3.05, 3.63) is 76.1 Å². The van der Waals surface area contributed by atoms with Gasteiger partial charge in [0.05, 0.1) is 10.7 Å². The molecule has 1 aromatic carbocycles. The summed E-state index contributed by atoms with van der Waals surface area (Å²) >= 11 is 0. The van der Waals surface area contributed by atoms with Crippen molar-refractivity contribution < 1.29 is 13.3 Å². The molecule has 0 unspecified atom stereocenters. The molecule has 8 nitrogen and oxygen atoms in total. The number of aromatic nitrogens is 2. The van der Waals surface area contributed by atoms with Gasteiger partial charge in [-0.05, 0) is 29.7 Å². The molecule has 1 aliphatic heterocycles. The Morgan fingerprint density at radius 2 is 2.00 bits per heavy atom. The number of aromatic amines is 1. The molecule has 0 saturated heterocycles. The molecule has 3 heterocycles. The summed E-state index contributed by atoms with van der Waals surface area (Å²) in [6.07, 6.45) is 6.18. The third kappa shape index (κ3) is 3.54. The van der Waals surface area contributed by atoms with Crippen molar-refractivity contribution in [2.75, 3.05) is 13.1 Å². The molecule has 0 bridgehead atoms. The summed E-state index contributed by atoms with van der Waals surface area (Å²) in [4.78, 5) is 17.6. The number of nitro benzene ring substituents is 1. The molecular formula is C19H18N4O4S. The second-order valence-corrected chi connectivity index (χ2v) is 8.59. The highest BCUT2D eigenvalue weighted by Gasteiger charge is 2.25. The van der Waals surface area contributed by atoms with Gasteiger partial charge >= 0.3 is 0 Å². The molecule has 3 aromatic rings. The standard InChI is InChI=1S/C19H18N4O4S/c24-23(25)16-5-3-14(4-6-16)13-28(26,27)22-10-7-15(8-11-22)18-12-21-19-17(18)2-1-9-20-19/h1-7,9,12H,8,10-11,13H2,(H,20,21). The lowest BCUT2D eigenvalue weighted by Crippen LogP contribution is -2.35. The Kier molecular flexibility index (Phi) is 4.70. The number of benzene rings is 1. The number of nitro groups is 1. The maximum Gasteiger partial charge on any atom is 0.269 e. The van der Waals surface area contributed by atoms with E-state index in [1.54, 1.807) is 6.20 Å². The molecule has 0 amide bonds. The normalized spacial score (nSPS) is 15.5. The Labute approximate surface area is 161 Å². The first kappa shape index (κ1) is 18.3. The third-order valence-corrected chi connectivity index (χ3v) is 6.68. The zero-order valence-corrected chi connectivity index (χ0v) is 15.7. The number of pyridine rings is 1. The first-order valence-electron chi connectivity index (χ1n) is 8.77. The predicted octanol–water partition coefficient (Wildman–Crippen LogP) is 3.09. The number of hydrogen-bond acceptors (Lipinski definition) is 5. The first-order chi connectivity index (χ1) is 13.4. The SMILES string of the molecule is O=[N+]([O-])c1ccc(CS(=O)(=O)N2CC=C(c3c[nH]c4ncccc34)CC2)cc1. The van der Waals surface area contributed by atoms with E-state index >= 15 is 0 Å². The van der Waals surface area contributed by atoms with Gasteiger partial charge in [0.1, 0.15) is 5.65 Å². The summed E-state index contributed by atoms with van der Waals surface area (Å²) < 4.78 is 26.9. The number of rotatable bonds is 5. The first-order valence-corrected chi connectivity index (χ1v) is 10.4. The van der Waals surface area contributed by atoms with Gasteiger partial charge in [-0.2, -0.15) is 4.31 Å². The van der Waals surface area contributed by atoms with Gasteiger partial charge in [0.25, 0.3) is 5.69 Å². The van der Waals surface area contributed by atoms with Crippen LogP contribution in [0.2, 0.25) is 0 Å². The molecule has 28 heavy (non-hydrogen) atoms. The lowest BCUT2D eigenvalue weighted by atomic mass is 10.0. The number of nitrogens with one attached hydrogen (secondary N) is 1. The predicted molar refractivity (Wildman–Crippen MR) is 106 cm³/mol. The highest BCUT2D eigenvalue weighted by Crippen LogP contribution is 2.29. The zero-order chi connectivity index (χ0) is 19.7. The van der Waals surface area contributed by atoms with Crippen molar-refractivity contribution in [1.82, 2.24) is 14.3 Å². The van der Waals surface area contributed by atoms with Gasteiger partial charge in [0.15, 0.2) is 0 Å². The van der Waals surface area contributed by atoms with Crippen LogP contribution in [0.5, 0.6) is 0 Å². The summed E-state index contributed by atoms with van der Waals surface area (Å²) in [6, 6.07) is 9.49. The Morgan fingerprint density at radius 1 is 1.21 bits per heavy atom. The molecular weight excluding hydrogens is 380 g/mol. The average molecular weight is 398 g/mol. The second kappa shape index (κ2) is 7.17. The smallest absolute Gasteiger partial charge is 0.269 e. The van der Waals surface area contributed by atoms with E-state index < -0.39 is 14.9 Å². The van der Waals surface area contributed by atoms with Gasteiger partial charge in [0, 0.05) is 48.6 Å². The molecule has 0 saturated carbocycles. The van der Waals surface area contributed by atoms with Crippen LogP contribution in [0.1, 0.15) is 17.5 Å². The number of fused-ring (bicyclic) bond motifs is 1. The molecule has 0 fully saturated rings. The number of sulfonamides is 1. The topological polar surface area (TPSA) is 109 Å². The maximum absolute atomic E-state index is 12.7. The molecule has 0 radical (unpaired) electrons. The minimum Gasteiger partial charge on any atom is -0.346 e. The van der Waals surface area contributed by atoms with Crippen molar-refractivity contribution in [2.45, 2.75) is 12.2 Å². The lowest BCUT2D eigenvalue weighted by Gasteiger charge is -2.25. The van der Waals surface area contributed by atoms with Crippen LogP contribution in [0.4, 0.5) is 5.69 Å². The van der Waals surface area contributed by atoms with Gasteiger partial charge in [-0.25, -0.2) is 13.4 Å². The lowest BCUT2D eigenvalue weighted by molar-refractivity contribution is -0.384. The van der Waals surface area contributed by atoms with Gasteiger partial charge in [-0.15, -0.1) is 0 Å². The van der Waals surface area contributed by atoms with Crippen LogP contribution in [0.15, 0.2) is 54.9 Å². The van der Waals surface area contributed by atoms with Crippen molar-refractivity contribution in [1.29, 1.82) is 0 Å². The van der Waals surface area contributed by atoms with Crippen LogP contribution in [-0.2, 0) is 15.8 Å². The van der Waals surface area contributed by atoms with E-state index in [0.717, 1.165) is 22.2 Å². The van der Waals surface area contributed by atoms with Crippen molar-refractivity contribution in [3.63, 3.8) is 0 Å². The summed E-state index contributed by atoms with van der Waals surface area (Å²) in [5.41, 5.74) is 3.44. The number of H-pyrrole nitrogens is 1. The maximum atomic E-state index is 12.7. The van der Waals surface area contributed by atoms with Gasteiger partial charge < -0.3 is 4.98 Å². The van der Waals surface area contributed by atoms with Crippen LogP contribution in [0.25, 0.3) is 16.6 Å². The van der Waals surface area contributed by atoms with Crippen molar-refractivity contribution >= 4 is 32.3 Å². The molecule has 9 heteroatoms. The van der Waals surface area contributed by atoms with Gasteiger partial charge in [-0.1, -0.05) is 18.2 Å². The third-order valence-electron chi connectivity index (χ3n) is 4.86. The van der Waals surface area contributed by atoms with Crippen LogP contribution in [0.3, 0.4) is 0 Å². The largest absolute Gasteiger partial charge is 0.346 e. The van der Waals surface area contributed by atoms with Crippen LogP contribution < -0.4 is 0 Å². The van der Waals surface area contributed by atoms with Crippen LogP contribution in [-0.4, -0.2) is 40.7 Å². The molecule has 0 aliphatic carbocycles. The van der Waals surface area contributed by atoms with E-state index in [2.05, 4.69) is 9.97 Å². The minimum atomic E-state index is -3.51. The van der Waals surface area contributed by atoms with Crippen molar-refractivity contribution in [3.8, 4) is 0 Å². The fourth-order valence-electron chi connectivity index (χ4n) is 3.39. The minimum absolute atomic E-state index is 0.0556. The molecule has 2 aromatic heterocycles. The van der Waals surface area contributed by atoms with Crippen LogP contribution >= 0.6 is 0 Å². The Morgan fingerprint density at radius 3 is 2.68 bits per heavy atom. The van der Waals surface area contributed by atoms with Gasteiger partial charge in [-0.3, -0.25) is 10.1 Å². The monoisotopic (exact) mass is 398 g/mol. The Hall–Kier alpha value is -3.04. The second-order valence-electron chi connectivity index (χ2n) is 6.62. The fraction of sp³-hybridized carbons (Fsp3) is 0.211. The number of nitrogens with zero attached hydrogens (tertiary/aromatic N) is 3. The quantitative estimate of drug-likeness (QED) is 0.525. The summed E-state index contributed by atoms with van der Waals surface area (Å²) in [6.45, 7) is 0.700. The number of hydrogen-bond donors (Lipinski definition) is 1. The fourth-order valence-corrected chi connectivity index (χ4v) is 4.85. The zero-order valence-electron chi connectivity index (χ0n) is 14.9. The number of non-ortho nitro benzene ring substituents is 1. The summed E-state index contributed by atoms with van der Waals surface area (Å²) in [7, 11) is -3.51. The molecule has 1 aliphatic rings. The Bertz CT molecular complexity index is 1170. The van der Waals surface area contributed by atoms with Crippen LogP contribution in [0, 0.1) is 10.1 Å². The van der Waals surface area contributed by atoms with Gasteiger partial charge in [0.2, 0.25) is 10.0 Å². The highest BCUT2D eigenvalue weighted by atomic mass is 32.2. The van der Waals surface area contributed by atoms with E-state index in [9.17, 15) is 18.5 Å². The molecule has 0 atom stereocenters. The van der Waals surface area contributed by atoms with E-state index in [1.807, 2.05) is 24.4 Å². The van der Waals surface area contributed by atoms with E-state index in [4.69, 9.17) is 0 Å².